The number of rotatable bonds is 2. The van der Waals surface area contributed by atoms with Gasteiger partial charge < -0.3 is 5.73 Å². The van der Waals surface area contributed by atoms with E-state index < -0.39 is 29.4 Å². The van der Waals surface area contributed by atoms with Crippen molar-refractivity contribution in [2.24, 2.45) is 5.73 Å². The third-order valence-electron chi connectivity index (χ3n) is 2.74. The highest BCUT2D eigenvalue weighted by Gasteiger charge is 2.34. The fourth-order valence-electron chi connectivity index (χ4n) is 1.74. The Hall–Kier alpha value is -2.02. The van der Waals surface area contributed by atoms with Gasteiger partial charge in [0.15, 0.2) is 0 Å². The van der Waals surface area contributed by atoms with Crippen molar-refractivity contribution in [3.05, 3.63) is 65.0 Å². The zero-order valence-electron chi connectivity index (χ0n) is 9.96. The van der Waals surface area contributed by atoms with Gasteiger partial charge in [-0.25, -0.2) is 8.78 Å². The first-order chi connectivity index (χ1) is 9.29. The standard InChI is InChI=1S/C13H9F5N2/c14-9-3-8(5-20-6-9)12(19)7-1-2-11(15)10(4-7)13(16,17)18/h1-6,12H,19H2. The van der Waals surface area contributed by atoms with Crippen molar-refractivity contribution in [3.63, 3.8) is 0 Å². The largest absolute Gasteiger partial charge is 0.419 e. The molecule has 7 heteroatoms. The van der Waals surface area contributed by atoms with Crippen LogP contribution in [0.5, 0.6) is 0 Å². The van der Waals surface area contributed by atoms with E-state index in [0.29, 0.717) is 12.1 Å². The van der Waals surface area contributed by atoms with Crippen molar-refractivity contribution < 1.29 is 22.0 Å². The molecule has 0 aliphatic heterocycles. The molecule has 20 heavy (non-hydrogen) atoms. The Kier molecular flexibility index (Phi) is 3.71. The van der Waals surface area contributed by atoms with E-state index in [9.17, 15) is 22.0 Å². The van der Waals surface area contributed by atoms with E-state index in [1.165, 1.54) is 6.20 Å². The SMILES string of the molecule is NC(c1cncc(F)c1)c1ccc(F)c(C(F)(F)F)c1. The second-order valence-corrected chi connectivity index (χ2v) is 4.15. The number of nitrogens with zero attached hydrogens (tertiary/aromatic N) is 1. The van der Waals surface area contributed by atoms with Gasteiger partial charge in [-0.1, -0.05) is 6.07 Å². The van der Waals surface area contributed by atoms with Crippen molar-refractivity contribution >= 4 is 0 Å². The van der Waals surface area contributed by atoms with Crippen molar-refractivity contribution in [2.75, 3.05) is 0 Å². The van der Waals surface area contributed by atoms with Crippen LogP contribution in [0.2, 0.25) is 0 Å². The Bertz CT molecular complexity index is 624. The molecule has 2 N–H and O–H groups in total. The van der Waals surface area contributed by atoms with Crippen LogP contribution in [0, 0.1) is 11.6 Å². The Balaban J connectivity index is 2.43. The highest BCUT2D eigenvalue weighted by Crippen LogP contribution is 2.33. The van der Waals surface area contributed by atoms with Crippen LogP contribution in [-0.4, -0.2) is 4.98 Å². The molecule has 1 aromatic heterocycles. The molecule has 0 bridgehead atoms. The first-order valence-corrected chi connectivity index (χ1v) is 5.51. The van der Waals surface area contributed by atoms with Crippen LogP contribution in [-0.2, 0) is 6.18 Å². The number of alkyl halides is 3. The Morgan fingerprint density at radius 3 is 2.30 bits per heavy atom. The molecule has 0 spiro atoms. The van der Waals surface area contributed by atoms with Crippen LogP contribution in [0.15, 0.2) is 36.7 Å². The molecule has 1 atom stereocenters. The van der Waals surface area contributed by atoms with Crippen LogP contribution in [0.25, 0.3) is 0 Å². The van der Waals surface area contributed by atoms with Gasteiger partial charge in [0.25, 0.3) is 0 Å². The number of nitrogens with two attached hydrogens (primary N) is 1. The van der Waals surface area contributed by atoms with Crippen molar-refractivity contribution in [3.8, 4) is 0 Å². The fraction of sp³-hybridized carbons (Fsp3) is 0.154. The molecule has 0 aliphatic rings. The van der Waals surface area contributed by atoms with Gasteiger partial charge in [-0.3, -0.25) is 4.98 Å². The summed E-state index contributed by atoms with van der Waals surface area (Å²) < 4.78 is 64.0. The summed E-state index contributed by atoms with van der Waals surface area (Å²) in [6.45, 7) is 0. The van der Waals surface area contributed by atoms with E-state index in [2.05, 4.69) is 4.98 Å². The first kappa shape index (κ1) is 14.4. The summed E-state index contributed by atoms with van der Waals surface area (Å²) in [7, 11) is 0. The highest BCUT2D eigenvalue weighted by molar-refractivity contribution is 5.34. The molecule has 1 unspecified atom stereocenters. The Morgan fingerprint density at radius 1 is 1.00 bits per heavy atom. The average molecular weight is 288 g/mol. The second kappa shape index (κ2) is 5.16. The molecule has 0 fully saturated rings. The maximum atomic E-state index is 13.2. The van der Waals surface area contributed by atoms with Crippen molar-refractivity contribution in [1.82, 2.24) is 4.98 Å². The number of hydrogen-bond donors (Lipinski definition) is 1. The molecule has 1 aromatic carbocycles. The van der Waals surface area contributed by atoms with Gasteiger partial charge in [0, 0.05) is 6.20 Å². The van der Waals surface area contributed by atoms with E-state index in [1.807, 2.05) is 0 Å². The van der Waals surface area contributed by atoms with Crippen LogP contribution in [0.3, 0.4) is 0 Å². The molecular formula is C13H9F5N2. The zero-order chi connectivity index (χ0) is 14.9. The third-order valence-corrected chi connectivity index (χ3v) is 2.74. The van der Waals surface area contributed by atoms with Gasteiger partial charge in [0.2, 0.25) is 0 Å². The molecule has 2 rings (SSSR count). The molecule has 2 aromatic rings. The van der Waals surface area contributed by atoms with Crippen LogP contribution < -0.4 is 5.73 Å². The van der Waals surface area contributed by atoms with Gasteiger partial charge >= 0.3 is 6.18 Å². The van der Waals surface area contributed by atoms with E-state index >= 15 is 0 Å². The molecule has 1 heterocycles. The highest BCUT2D eigenvalue weighted by atomic mass is 19.4. The maximum Gasteiger partial charge on any atom is 0.419 e. The van der Waals surface area contributed by atoms with Gasteiger partial charge in [0.05, 0.1) is 17.8 Å². The molecular weight excluding hydrogens is 279 g/mol. The number of benzene rings is 1. The Labute approximate surface area is 111 Å². The monoisotopic (exact) mass is 288 g/mol. The first-order valence-electron chi connectivity index (χ1n) is 5.51. The molecule has 0 saturated carbocycles. The normalized spacial score (nSPS) is 13.3. The molecule has 0 aliphatic carbocycles. The van der Waals surface area contributed by atoms with Gasteiger partial charge in [-0.15, -0.1) is 0 Å². The topological polar surface area (TPSA) is 38.9 Å². The average Bonchev–Trinajstić information content (AvgIpc) is 2.37. The molecule has 106 valence electrons. The van der Waals surface area contributed by atoms with Crippen molar-refractivity contribution in [1.29, 1.82) is 0 Å². The maximum absolute atomic E-state index is 13.2. The molecule has 0 saturated heterocycles. The van der Waals surface area contributed by atoms with E-state index in [1.54, 1.807) is 0 Å². The van der Waals surface area contributed by atoms with E-state index in [-0.39, 0.29) is 11.1 Å². The fourth-order valence-corrected chi connectivity index (χ4v) is 1.74. The predicted octanol–water partition coefficient (Wildman–Crippen LogP) is 3.43. The summed E-state index contributed by atoms with van der Waals surface area (Å²) in [5.41, 5.74) is 4.56. The van der Waals surface area contributed by atoms with Crippen LogP contribution in [0.1, 0.15) is 22.7 Å². The summed E-state index contributed by atoms with van der Waals surface area (Å²) in [4.78, 5) is 3.57. The van der Waals surface area contributed by atoms with E-state index in [4.69, 9.17) is 5.73 Å². The minimum absolute atomic E-state index is 0.0196. The Morgan fingerprint density at radius 2 is 1.70 bits per heavy atom. The predicted molar refractivity (Wildman–Crippen MR) is 61.6 cm³/mol. The van der Waals surface area contributed by atoms with Crippen LogP contribution >= 0.6 is 0 Å². The number of halogens is 5. The number of hydrogen-bond acceptors (Lipinski definition) is 2. The minimum atomic E-state index is -4.82. The smallest absolute Gasteiger partial charge is 0.320 e. The molecule has 0 amide bonds. The zero-order valence-corrected chi connectivity index (χ0v) is 9.96. The lowest BCUT2D eigenvalue weighted by molar-refractivity contribution is -0.140. The lowest BCUT2D eigenvalue weighted by Crippen LogP contribution is -2.15. The lowest BCUT2D eigenvalue weighted by atomic mass is 9.99. The lowest BCUT2D eigenvalue weighted by Gasteiger charge is -2.15. The quantitative estimate of drug-likeness (QED) is 0.860. The summed E-state index contributed by atoms with van der Waals surface area (Å²) in [5, 5.41) is 0. The van der Waals surface area contributed by atoms with Crippen LogP contribution in [0.4, 0.5) is 22.0 Å². The van der Waals surface area contributed by atoms with Gasteiger partial charge in [-0.2, -0.15) is 13.2 Å². The summed E-state index contributed by atoms with van der Waals surface area (Å²) in [5.74, 6) is -2.04. The number of aromatic nitrogens is 1. The minimum Gasteiger partial charge on any atom is -0.320 e. The summed E-state index contributed by atoms with van der Waals surface area (Å²) >= 11 is 0. The van der Waals surface area contributed by atoms with Gasteiger partial charge in [0.1, 0.15) is 11.6 Å². The second-order valence-electron chi connectivity index (χ2n) is 4.15. The third kappa shape index (κ3) is 2.93. The molecule has 2 nitrogen and oxygen atoms in total. The van der Waals surface area contributed by atoms with Gasteiger partial charge in [-0.05, 0) is 29.3 Å². The number of pyridine rings is 1. The summed E-state index contributed by atoms with van der Waals surface area (Å²) in [6.07, 6.45) is -2.63. The molecule has 0 radical (unpaired) electrons. The summed E-state index contributed by atoms with van der Waals surface area (Å²) in [6, 6.07) is 2.46. The van der Waals surface area contributed by atoms with Crippen molar-refractivity contribution in [2.45, 2.75) is 12.2 Å². The van der Waals surface area contributed by atoms with E-state index in [0.717, 1.165) is 18.3 Å².